The van der Waals surface area contributed by atoms with Crippen molar-refractivity contribution in [1.29, 1.82) is 0 Å². The summed E-state index contributed by atoms with van der Waals surface area (Å²) in [5, 5.41) is 3.48. The molecule has 1 fully saturated rings. The molecule has 21 heavy (non-hydrogen) atoms. The molecule has 1 aliphatic rings. The molecule has 4 heteroatoms. The van der Waals surface area contributed by atoms with Gasteiger partial charge in [0, 0.05) is 33.2 Å². The zero-order valence-electron chi connectivity index (χ0n) is 13.4. The summed E-state index contributed by atoms with van der Waals surface area (Å²) in [6, 6.07) is 10.9. The van der Waals surface area contributed by atoms with Gasteiger partial charge in [-0.15, -0.1) is 0 Å². The molecule has 0 aliphatic carbocycles. The van der Waals surface area contributed by atoms with E-state index < -0.39 is 0 Å². The Morgan fingerprint density at radius 1 is 1.38 bits per heavy atom. The van der Waals surface area contributed by atoms with Gasteiger partial charge in [-0.3, -0.25) is 9.69 Å². The van der Waals surface area contributed by atoms with E-state index in [0.717, 1.165) is 26.1 Å². The van der Waals surface area contributed by atoms with Crippen LogP contribution in [0.2, 0.25) is 0 Å². The first-order valence-electron chi connectivity index (χ1n) is 7.79. The van der Waals surface area contributed by atoms with Gasteiger partial charge in [0.15, 0.2) is 0 Å². The third-order valence-electron chi connectivity index (χ3n) is 4.05. The van der Waals surface area contributed by atoms with Crippen molar-refractivity contribution in [3.8, 4) is 0 Å². The molecule has 2 unspecified atom stereocenters. The summed E-state index contributed by atoms with van der Waals surface area (Å²) in [7, 11) is 3.62. The molecule has 2 rings (SSSR count). The van der Waals surface area contributed by atoms with Crippen LogP contribution in [0, 0.1) is 0 Å². The number of likely N-dealkylation sites (N-methyl/N-ethyl adjacent to an activating group) is 1. The lowest BCUT2D eigenvalue weighted by molar-refractivity contribution is -0.130. The topological polar surface area (TPSA) is 35.6 Å². The molecule has 1 aromatic carbocycles. The summed E-state index contributed by atoms with van der Waals surface area (Å²) in [6.07, 6.45) is 2.34. The maximum Gasteiger partial charge on any atom is 0.238 e. The highest BCUT2D eigenvalue weighted by molar-refractivity contribution is 5.80. The largest absolute Gasteiger partial charge is 0.347 e. The SMILES string of the molecule is CC(NC1CCCN(Cc2ccccc2)C1)C(=O)N(C)C. The van der Waals surface area contributed by atoms with Crippen molar-refractivity contribution < 1.29 is 4.79 Å². The number of carbonyl (C=O) groups is 1. The third-order valence-corrected chi connectivity index (χ3v) is 4.05. The van der Waals surface area contributed by atoms with E-state index in [9.17, 15) is 4.79 Å². The standard InChI is InChI=1S/C17H27N3O/c1-14(17(21)19(2)3)18-16-10-7-11-20(13-16)12-15-8-5-4-6-9-15/h4-6,8-9,14,16,18H,7,10-13H2,1-3H3. The quantitative estimate of drug-likeness (QED) is 0.896. The molecule has 1 aromatic rings. The number of carbonyl (C=O) groups excluding carboxylic acids is 1. The highest BCUT2D eigenvalue weighted by atomic mass is 16.2. The fourth-order valence-electron chi connectivity index (χ4n) is 2.99. The van der Waals surface area contributed by atoms with Gasteiger partial charge in [-0.05, 0) is 31.9 Å². The number of likely N-dealkylation sites (tertiary alicyclic amines) is 1. The smallest absolute Gasteiger partial charge is 0.238 e. The van der Waals surface area contributed by atoms with Gasteiger partial charge < -0.3 is 10.2 Å². The molecule has 1 saturated heterocycles. The summed E-state index contributed by atoms with van der Waals surface area (Å²) in [6.45, 7) is 5.11. The van der Waals surface area contributed by atoms with Crippen molar-refractivity contribution in [2.24, 2.45) is 0 Å². The summed E-state index contributed by atoms with van der Waals surface area (Å²) < 4.78 is 0. The van der Waals surface area contributed by atoms with E-state index >= 15 is 0 Å². The fraction of sp³-hybridized carbons (Fsp3) is 0.588. The van der Waals surface area contributed by atoms with Crippen LogP contribution in [0.15, 0.2) is 30.3 Å². The van der Waals surface area contributed by atoms with Crippen LogP contribution in [-0.4, -0.2) is 55.0 Å². The minimum absolute atomic E-state index is 0.110. The van der Waals surface area contributed by atoms with Gasteiger partial charge in [0.2, 0.25) is 5.91 Å². The second-order valence-corrected chi connectivity index (χ2v) is 6.18. The third kappa shape index (κ3) is 4.83. The number of nitrogens with zero attached hydrogens (tertiary/aromatic N) is 2. The Labute approximate surface area is 128 Å². The Kier molecular flexibility index (Phi) is 5.76. The van der Waals surface area contributed by atoms with Crippen molar-refractivity contribution in [2.45, 2.75) is 38.4 Å². The second kappa shape index (κ2) is 7.57. The molecule has 0 spiro atoms. The van der Waals surface area contributed by atoms with Crippen LogP contribution in [0.5, 0.6) is 0 Å². The number of hydrogen-bond donors (Lipinski definition) is 1. The van der Waals surface area contributed by atoms with Crippen molar-refractivity contribution in [1.82, 2.24) is 15.1 Å². The molecule has 2 atom stereocenters. The molecule has 116 valence electrons. The van der Waals surface area contributed by atoms with E-state index in [1.807, 2.05) is 21.0 Å². The van der Waals surface area contributed by atoms with E-state index in [1.165, 1.54) is 12.0 Å². The van der Waals surface area contributed by atoms with Gasteiger partial charge in [-0.2, -0.15) is 0 Å². The number of piperidine rings is 1. The zero-order valence-corrected chi connectivity index (χ0v) is 13.4. The second-order valence-electron chi connectivity index (χ2n) is 6.18. The zero-order chi connectivity index (χ0) is 15.2. The minimum atomic E-state index is -0.110. The first-order chi connectivity index (χ1) is 10.1. The average molecular weight is 289 g/mol. The molecule has 1 N–H and O–H groups in total. The molecule has 0 radical (unpaired) electrons. The van der Waals surface area contributed by atoms with E-state index in [2.05, 4.69) is 40.5 Å². The summed E-state index contributed by atoms with van der Waals surface area (Å²) in [5.41, 5.74) is 1.36. The summed E-state index contributed by atoms with van der Waals surface area (Å²) in [4.78, 5) is 16.1. The van der Waals surface area contributed by atoms with Gasteiger partial charge >= 0.3 is 0 Å². The Balaban J connectivity index is 1.85. The van der Waals surface area contributed by atoms with Gasteiger partial charge in [0.1, 0.15) is 0 Å². The van der Waals surface area contributed by atoms with Crippen LogP contribution < -0.4 is 5.32 Å². The Bertz CT molecular complexity index is 447. The number of benzene rings is 1. The van der Waals surface area contributed by atoms with E-state index in [-0.39, 0.29) is 11.9 Å². The Morgan fingerprint density at radius 2 is 2.10 bits per heavy atom. The van der Waals surface area contributed by atoms with Gasteiger partial charge in [-0.25, -0.2) is 0 Å². The number of rotatable bonds is 5. The lowest BCUT2D eigenvalue weighted by Crippen LogP contribution is -2.52. The predicted molar refractivity (Wildman–Crippen MR) is 86.0 cm³/mol. The minimum Gasteiger partial charge on any atom is -0.347 e. The molecular weight excluding hydrogens is 262 g/mol. The first kappa shape index (κ1) is 16.0. The van der Waals surface area contributed by atoms with Crippen LogP contribution in [0.4, 0.5) is 0 Å². The summed E-state index contributed by atoms with van der Waals surface area (Å²) >= 11 is 0. The summed E-state index contributed by atoms with van der Waals surface area (Å²) in [5.74, 6) is 0.148. The molecule has 1 heterocycles. The average Bonchev–Trinajstić information content (AvgIpc) is 2.47. The molecular formula is C17H27N3O. The maximum atomic E-state index is 11.9. The Hall–Kier alpha value is -1.39. The van der Waals surface area contributed by atoms with Crippen LogP contribution in [0.1, 0.15) is 25.3 Å². The molecule has 1 amide bonds. The van der Waals surface area contributed by atoms with Crippen molar-refractivity contribution in [2.75, 3.05) is 27.2 Å². The van der Waals surface area contributed by atoms with Crippen LogP contribution >= 0.6 is 0 Å². The molecule has 1 aliphatic heterocycles. The number of nitrogens with one attached hydrogen (secondary N) is 1. The van der Waals surface area contributed by atoms with Crippen LogP contribution in [0.3, 0.4) is 0 Å². The molecule has 0 bridgehead atoms. The maximum absolute atomic E-state index is 11.9. The molecule has 0 saturated carbocycles. The predicted octanol–water partition coefficient (Wildman–Crippen LogP) is 1.72. The first-order valence-corrected chi connectivity index (χ1v) is 7.79. The fourth-order valence-corrected chi connectivity index (χ4v) is 2.99. The highest BCUT2D eigenvalue weighted by Gasteiger charge is 2.24. The number of hydrogen-bond acceptors (Lipinski definition) is 3. The van der Waals surface area contributed by atoms with Gasteiger partial charge in [-0.1, -0.05) is 30.3 Å². The van der Waals surface area contributed by atoms with Crippen molar-refractivity contribution in [3.05, 3.63) is 35.9 Å². The van der Waals surface area contributed by atoms with E-state index in [1.54, 1.807) is 4.90 Å². The van der Waals surface area contributed by atoms with Crippen molar-refractivity contribution in [3.63, 3.8) is 0 Å². The molecule has 0 aromatic heterocycles. The van der Waals surface area contributed by atoms with Gasteiger partial charge in [0.25, 0.3) is 0 Å². The lowest BCUT2D eigenvalue weighted by Gasteiger charge is -2.35. The number of amides is 1. The lowest BCUT2D eigenvalue weighted by atomic mass is 10.0. The monoisotopic (exact) mass is 289 g/mol. The normalized spacial score (nSPS) is 21.0. The van der Waals surface area contributed by atoms with E-state index in [4.69, 9.17) is 0 Å². The molecule has 4 nitrogen and oxygen atoms in total. The Morgan fingerprint density at radius 3 is 2.76 bits per heavy atom. The van der Waals surface area contributed by atoms with Crippen molar-refractivity contribution >= 4 is 5.91 Å². The van der Waals surface area contributed by atoms with Gasteiger partial charge in [0.05, 0.1) is 6.04 Å². The highest BCUT2D eigenvalue weighted by Crippen LogP contribution is 2.14. The van der Waals surface area contributed by atoms with Crippen LogP contribution in [0.25, 0.3) is 0 Å². The van der Waals surface area contributed by atoms with E-state index in [0.29, 0.717) is 6.04 Å². The van der Waals surface area contributed by atoms with Crippen LogP contribution in [-0.2, 0) is 11.3 Å².